The highest BCUT2D eigenvalue weighted by Crippen LogP contribution is 2.57. The number of allylic oxidation sites excluding steroid dienone is 7. The molecule has 0 N–H and O–H groups in total. The molecule has 11 rings (SSSR count). The molecule has 57 heavy (non-hydrogen) atoms. The highest BCUT2D eigenvalue weighted by Gasteiger charge is 2.47. The smallest absolute Gasteiger partial charge is 0.142 e. The SMILES string of the molecule is C1=CC2=C(CC1)c1ccccc1[C@@]2(c1ccccc1)c1ccc(N(c2ccc(-c3ccccc3)cc2)C2C=CC(c3cccc4c5c(oc34)CCC=C5)=CC2)cc1. The molecule has 1 heterocycles. The zero-order valence-corrected chi connectivity index (χ0v) is 31.9. The Kier molecular flexibility index (Phi) is 8.17. The Morgan fingerprint density at radius 3 is 2.02 bits per heavy atom. The van der Waals surface area contributed by atoms with Crippen LogP contribution in [0.25, 0.3) is 39.3 Å². The fraction of sp³-hybridized carbons (Fsp3) is 0.127. The van der Waals surface area contributed by atoms with Gasteiger partial charge in [0.05, 0.1) is 11.5 Å². The lowest BCUT2D eigenvalue weighted by molar-refractivity contribution is 0.545. The summed E-state index contributed by atoms with van der Waals surface area (Å²) in [5, 5.41) is 1.21. The van der Waals surface area contributed by atoms with Crippen LogP contribution in [0.15, 0.2) is 198 Å². The molecular formula is C55H43NO. The van der Waals surface area contributed by atoms with Crippen molar-refractivity contribution in [1.82, 2.24) is 0 Å². The Hall–Kier alpha value is -6.64. The molecule has 0 radical (unpaired) electrons. The minimum Gasteiger partial charge on any atom is -0.460 e. The number of fused-ring (bicyclic) bond motifs is 5. The van der Waals surface area contributed by atoms with E-state index < -0.39 is 0 Å². The summed E-state index contributed by atoms with van der Waals surface area (Å²) in [6.45, 7) is 0. The Bertz CT molecular complexity index is 2790. The molecule has 0 fully saturated rings. The molecular weight excluding hydrogens is 691 g/mol. The summed E-state index contributed by atoms with van der Waals surface area (Å²) in [5.74, 6) is 1.11. The van der Waals surface area contributed by atoms with E-state index in [1.807, 2.05) is 0 Å². The van der Waals surface area contributed by atoms with Crippen molar-refractivity contribution < 1.29 is 4.42 Å². The maximum atomic E-state index is 6.54. The van der Waals surface area contributed by atoms with E-state index in [-0.39, 0.29) is 11.5 Å². The van der Waals surface area contributed by atoms with E-state index in [1.165, 1.54) is 78.0 Å². The Morgan fingerprint density at radius 1 is 0.561 bits per heavy atom. The summed E-state index contributed by atoms with van der Waals surface area (Å²) in [6, 6.07) is 56.2. The molecule has 0 saturated heterocycles. The molecule has 0 saturated carbocycles. The lowest BCUT2D eigenvalue weighted by Crippen LogP contribution is -2.31. The quantitative estimate of drug-likeness (QED) is 0.162. The molecule has 1 unspecified atom stereocenters. The summed E-state index contributed by atoms with van der Waals surface area (Å²) >= 11 is 0. The van der Waals surface area contributed by atoms with E-state index in [4.69, 9.17) is 4.42 Å². The Morgan fingerprint density at radius 2 is 1.23 bits per heavy atom. The molecule has 2 nitrogen and oxygen atoms in total. The van der Waals surface area contributed by atoms with Crippen molar-refractivity contribution >= 4 is 39.6 Å². The van der Waals surface area contributed by atoms with Crippen LogP contribution in [0.4, 0.5) is 11.4 Å². The van der Waals surface area contributed by atoms with Gasteiger partial charge >= 0.3 is 0 Å². The average Bonchev–Trinajstić information content (AvgIpc) is 3.82. The van der Waals surface area contributed by atoms with E-state index in [0.29, 0.717) is 0 Å². The minimum atomic E-state index is -0.380. The molecule has 2 heteroatoms. The summed E-state index contributed by atoms with van der Waals surface area (Å²) in [7, 11) is 0. The third-order valence-corrected chi connectivity index (χ3v) is 12.6. The predicted octanol–water partition coefficient (Wildman–Crippen LogP) is 14.1. The first-order chi connectivity index (χ1) is 28.3. The van der Waals surface area contributed by atoms with Crippen LogP contribution in [0.2, 0.25) is 0 Å². The zero-order chi connectivity index (χ0) is 37.8. The van der Waals surface area contributed by atoms with Gasteiger partial charge in [-0.2, -0.15) is 0 Å². The van der Waals surface area contributed by atoms with Crippen molar-refractivity contribution in [2.24, 2.45) is 0 Å². The number of hydrogen-bond acceptors (Lipinski definition) is 2. The third-order valence-electron chi connectivity index (χ3n) is 12.6. The van der Waals surface area contributed by atoms with Crippen LogP contribution in [0, 0.1) is 0 Å². The van der Waals surface area contributed by atoms with E-state index >= 15 is 0 Å². The van der Waals surface area contributed by atoms with Crippen molar-refractivity contribution in [3.05, 3.63) is 233 Å². The number of aryl methyl sites for hydroxylation is 1. The third kappa shape index (κ3) is 5.46. The average molecular weight is 734 g/mol. The van der Waals surface area contributed by atoms with E-state index in [2.05, 4.69) is 199 Å². The number of para-hydroxylation sites is 1. The van der Waals surface area contributed by atoms with Gasteiger partial charge in [-0.3, -0.25) is 0 Å². The van der Waals surface area contributed by atoms with Crippen LogP contribution in [-0.2, 0) is 11.8 Å². The van der Waals surface area contributed by atoms with Crippen molar-refractivity contribution in [3.63, 3.8) is 0 Å². The zero-order valence-electron chi connectivity index (χ0n) is 31.9. The summed E-state index contributed by atoms with van der Waals surface area (Å²) in [6.07, 6.45) is 21.4. The van der Waals surface area contributed by atoms with Gasteiger partial charge in [-0.05, 0) is 100 Å². The number of hydrogen-bond donors (Lipinski definition) is 0. The maximum Gasteiger partial charge on any atom is 0.142 e. The molecule has 6 aromatic carbocycles. The molecule has 0 amide bonds. The van der Waals surface area contributed by atoms with Crippen molar-refractivity contribution in [2.75, 3.05) is 4.90 Å². The van der Waals surface area contributed by atoms with Crippen molar-refractivity contribution in [2.45, 2.75) is 43.6 Å². The van der Waals surface area contributed by atoms with Gasteiger partial charge in [-0.15, -0.1) is 0 Å². The highest BCUT2D eigenvalue weighted by atomic mass is 16.3. The number of rotatable bonds is 7. The number of anilines is 2. The van der Waals surface area contributed by atoms with Crippen molar-refractivity contribution in [3.8, 4) is 11.1 Å². The maximum absolute atomic E-state index is 6.54. The second kappa shape index (κ2) is 13.8. The predicted molar refractivity (Wildman–Crippen MR) is 238 cm³/mol. The normalized spacial score (nSPS) is 19.3. The lowest BCUT2D eigenvalue weighted by atomic mass is 9.66. The fourth-order valence-electron chi connectivity index (χ4n) is 10.0. The van der Waals surface area contributed by atoms with Crippen LogP contribution < -0.4 is 4.90 Å². The van der Waals surface area contributed by atoms with Crippen LogP contribution >= 0.6 is 0 Å². The van der Waals surface area contributed by atoms with Gasteiger partial charge < -0.3 is 9.32 Å². The second-order valence-electron chi connectivity index (χ2n) is 15.7. The first-order valence-electron chi connectivity index (χ1n) is 20.5. The lowest BCUT2D eigenvalue weighted by Gasteiger charge is -2.37. The molecule has 0 spiro atoms. The van der Waals surface area contributed by atoms with Gasteiger partial charge in [0.2, 0.25) is 0 Å². The molecule has 4 aliphatic rings. The van der Waals surface area contributed by atoms with Crippen LogP contribution in [-0.4, -0.2) is 6.04 Å². The first kappa shape index (κ1) is 33.7. The number of benzene rings is 6. The molecule has 7 aromatic rings. The van der Waals surface area contributed by atoms with E-state index in [9.17, 15) is 0 Å². The Balaban J connectivity index is 1.00. The van der Waals surface area contributed by atoms with Gasteiger partial charge in [0, 0.05) is 34.3 Å². The Labute approximate surface area is 335 Å². The van der Waals surface area contributed by atoms with E-state index in [1.54, 1.807) is 0 Å². The van der Waals surface area contributed by atoms with Gasteiger partial charge in [0.1, 0.15) is 11.3 Å². The highest BCUT2D eigenvalue weighted by molar-refractivity contribution is 5.98. The monoisotopic (exact) mass is 733 g/mol. The van der Waals surface area contributed by atoms with Gasteiger partial charge in [-0.1, -0.05) is 170 Å². The summed E-state index contributed by atoms with van der Waals surface area (Å²) in [5.41, 5.74) is 17.3. The van der Waals surface area contributed by atoms with Crippen LogP contribution in [0.3, 0.4) is 0 Å². The molecule has 274 valence electrons. The molecule has 4 aliphatic carbocycles. The molecule has 2 atom stereocenters. The fourth-order valence-corrected chi connectivity index (χ4v) is 10.0. The number of furan rings is 1. The summed E-state index contributed by atoms with van der Waals surface area (Å²) in [4.78, 5) is 2.52. The second-order valence-corrected chi connectivity index (χ2v) is 15.7. The number of nitrogens with zero attached hydrogens (tertiary/aromatic N) is 1. The van der Waals surface area contributed by atoms with Crippen LogP contribution in [0.5, 0.6) is 0 Å². The first-order valence-corrected chi connectivity index (χ1v) is 20.5. The van der Waals surface area contributed by atoms with Crippen molar-refractivity contribution in [1.29, 1.82) is 0 Å². The van der Waals surface area contributed by atoms with Gasteiger partial charge in [-0.25, -0.2) is 0 Å². The van der Waals surface area contributed by atoms with Gasteiger partial charge in [0.15, 0.2) is 0 Å². The molecule has 0 bridgehead atoms. The standard InChI is InChI=1S/C55H43NO/c1-3-14-38(15-4-1)39-26-32-43(33-27-39)56(44-34-28-40(29-35-44)46-21-13-22-50-49-20-9-12-25-53(49)57-54(46)50)45-36-30-42(31-37-45)55(41-16-5-2-6-17-41)51-23-10-7-18-47(51)48-19-8-11-24-52(48)55/h1-7,9-11,13-18,20-24,26-34,36-37,44H,8,12,19,25,35H2/t44?,55-/m1/s1. The minimum absolute atomic E-state index is 0.125. The van der Waals surface area contributed by atoms with E-state index in [0.717, 1.165) is 43.4 Å². The summed E-state index contributed by atoms with van der Waals surface area (Å²) < 4.78 is 6.54. The molecule has 0 aliphatic heterocycles. The largest absolute Gasteiger partial charge is 0.460 e. The van der Waals surface area contributed by atoms with Gasteiger partial charge in [0.25, 0.3) is 0 Å². The molecule has 1 aromatic heterocycles. The van der Waals surface area contributed by atoms with Crippen LogP contribution in [0.1, 0.15) is 64.8 Å². The topological polar surface area (TPSA) is 16.4 Å².